The first-order chi connectivity index (χ1) is 13.1. The topological polar surface area (TPSA) is 83.2 Å². The Kier molecular flexibility index (Phi) is 14.3. The lowest BCUT2D eigenvalue weighted by molar-refractivity contribution is -0.238. The minimum Gasteiger partial charge on any atom is -0.502 e. The Morgan fingerprint density at radius 1 is 1.31 bits per heavy atom. The van der Waals surface area contributed by atoms with E-state index in [1.807, 2.05) is 0 Å². The van der Waals surface area contributed by atoms with Gasteiger partial charge in [0.1, 0.15) is 5.15 Å². The molecule has 1 aromatic heterocycles. The van der Waals surface area contributed by atoms with Crippen molar-refractivity contribution in [2.45, 2.75) is 31.3 Å². The molecule has 1 atom stereocenters. The van der Waals surface area contributed by atoms with Gasteiger partial charge in [0.15, 0.2) is 5.60 Å². The summed E-state index contributed by atoms with van der Waals surface area (Å²) >= 11 is 5.24. The van der Waals surface area contributed by atoms with Crippen LogP contribution in [0, 0.1) is 11.3 Å². The fourth-order valence-corrected chi connectivity index (χ4v) is 1.38. The van der Waals surface area contributed by atoms with Crippen LogP contribution < -0.4 is 0 Å². The molecule has 1 unspecified atom stereocenters. The number of hydrogen-bond acceptors (Lipinski definition) is 5. The summed E-state index contributed by atoms with van der Waals surface area (Å²) in [6.07, 6.45) is -8.08. The van der Waals surface area contributed by atoms with Crippen LogP contribution in [0.2, 0.25) is 5.15 Å². The standard InChI is InChI=1S/C8H10F3NO2.C6H3ClF3N.Cl2OS/c1-2-14-6-4-7(13,3-5-12)8(9,10)11;7-5-3-4(1-2-11-5)6(8,9)10;1-4(2)3/h4,6,13H,2-3H2,1H3;1-3H;/b6-4+;;. The number of aliphatic hydroxyl groups is 1. The van der Waals surface area contributed by atoms with Gasteiger partial charge in [0.2, 0.25) is 9.23 Å². The summed E-state index contributed by atoms with van der Waals surface area (Å²) in [7, 11) is 7.36. The van der Waals surface area contributed by atoms with Gasteiger partial charge in [-0.3, -0.25) is 0 Å². The van der Waals surface area contributed by atoms with Gasteiger partial charge in [-0.15, -0.1) is 0 Å². The van der Waals surface area contributed by atoms with E-state index in [-0.39, 0.29) is 11.8 Å². The van der Waals surface area contributed by atoms with Crippen LogP contribution in [0.5, 0.6) is 0 Å². The molecule has 29 heavy (non-hydrogen) atoms. The van der Waals surface area contributed by atoms with Gasteiger partial charge in [-0.2, -0.15) is 31.6 Å². The number of pyridine rings is 1. The van der Waals surface area contributed by atoms with Crippen molar-refractivity contribution < 1.29 is 40.4 Å². The van der Waals surface area contributed by atoms with E-state index in [9.17, 15) is 26.3 Å². The van der Waals surface area contributed by atoms with E-state index in [4.69, 9.17) is 26.2 Å². The van der Waals surface area contributed by atoms with Gasteiger partial charge in [0.25, 0.3) is 0 Å². The van der Waals surface area contributed by atoms with Crippen LogP contribution in [0.1, 0.15) is 18.9 Å². The monoisotopic (exact) mass is 508 g/mol. The number of aromatic nitrogens is 1. The molecule has 0 amide bonds. The van der Waals surface area contributed by atoms with Crippen molar-refractivity contribution in [3.05, 3.63) is 41.4 Å². The summed E-state index contributed by atoms with van der Waals surface area (Å²) < 4.78 is 85.9. The van der Waals surface area contributed by atoms with E-state index in [1.54, 1.807) is 6.92 Å². The number of rotatable bonds is 4. The number of nitriles is 1. The molecule has 0 aliphatic rings. The van der Waals surface area contributed by atoms with E-state index in [1.165, 1.54) is 6.07 Å². The van der Waals surface area contributed by atoms with Crippen molar-refractivity contribution in [3.8, 4) is 6.07 Å². The maximum absolute atomic E-state index is 12.2. The van der Waals surface area contributed by atoms with E-state index < -0.39 is 39.2 Å². The third-order valence-corrected chi connectivity index (χ3v) is 2.71. The van der Waals surface area contributed by atoms with Gasteiger partial charge >= 0.3 is 12.4 Å². The first-order valence-corrected chi connectivity index (χ1v) is 10.2. The Bertz CT molecular complexity index is 709. The Morgan fingerprint density at radius 2 is 1.83 bits per heavy atom. The molecule has 166 valence electrons. The number of hydrogen-bond donors (Lipinski definition) is 1. The van der Waals surface area contributed by atoms with Gasteiger partial charge in [0, 0.05) is 27.6 Å². The number of ether oxygens (including phenoxy) is 1. The molecule has 1 N–H and O–H groups in total. The first kappa shape index (κ1) is 29.9. The maximum atomic E-state index is 12.2. The second-order valence-electron chi connectivity index (χ2n) is 4.56. The third kappa shape index (κ3) is 14.4. The largest absolute Gasteiger partial charge is 0.502 e. The summed E-state index contributed by atoms with van der Waals surface area (Å²) in [5.41, 5.74) is -3.91. The Labute approximate surface area is 178 Å². The predicted molar refractivity (Wildman–Crippen MR) is 96.1 cm³/mol. The van der Waals surface area contributed by atoms with Crippen LogP contribution in [0.3, 0.4) is 0 Å². The predicted octanol–water partition coefficient (Wildman–Crippen LogP) is 5.54. The molecule has 0 bridgehead atoms. The molecule has 0 spiro atoms. The minimum absolute atomic E-state index is 0.153. The van der Waals surface area contributed by atoms with E-state index >= 15 is 0 Å². The molecule has 0 saturated carbocycles. The fraction of sp³-hybridized carbons (Fsp3) is 0.429. The Morgan fingerprint density at radius 3 is 2.14 bits per heavy atom. The van der Waals surface area contributed by atoms with Crippen molar-refractivity contribution in [3.63, 3.8) is 0 Å². The van der Waals surface area contributed by atoms with Crippen LogP contribution >= 0.6 is 33.0 Å². The van der Waals surface area contributed by atoms with Crippen molar-refractivity contribution >= 4 is 42.2 Å². The fourth-order valence-electron chi connectivity index (χ4n) is 1.21. The zero-order valence-corrected chi connectivity index (χ0v) is 17.4. The van der Waals surface area contributed by atoms with Crippen molar-refractivity contribution in [1.82, 2.24) is 4.98 Å². The van der Waals surface area contributed by atoms with Crippen molar-refractivity contribution in [2.75, 3.05) is 6.61 Å². The minimum atomic E-state index is -4.88. The van der Waals surface area contributed by atoms with Gasteiger partial charge in [-0.25, -0.2) is 9.19 Å². The summed E-state index contributed by atoms with van der Waals surface area (Å²) in [4.78, 5) is 3.42. The molecule has 0 saturated heterocycles. The first-order valence-electron chi connectivity index (χ1n) is 6.99. The maximum Gasteiger partial charge on any atom is 0.422 e. The number of alkyl halides is 6. The molecule has 15 heteroatoms. The zero-order valence-electron chi connectivity index (χ0n) is 14.3. The summed E-state index contributed by atoms with van der Waals surface area (Å²) in [6.45, 7) is 1.78. The summed E-state index contributed by atoms with van der Waals surface area (Å²) in [5.74, 6) is 0. The van der Waals surface area contributed by atoms with Crippen LogP contribution in [0.25, 0.3) is 0 Å². The SMILES string of the molecule is CCO/C=C/C(O)(CC#N)C(F)(F)F.FC(F)(F)c1ccnc(Cl)c1.O=S(Cl)Cl. The molecular formula is C14H13Cl3F6N2O3S. The third-order valence-electron chi connectivity index (χ3n) is 2.50. The highest BCUT2D eigenvalue weighted by atomic mass is 36.0. The highest BCUT2D eigenvalue weighted by Gasteiger charge is 2.52. The van der Waals surface area contributed by atoms with E-state index in [0.717, 1.165) is 24.6 Å². The molecule has 1 heterocycles. The average Bonchev–Trinajstić information content (AvgIpc) is 2.53. The Hall–Kier alpha value is -1.26. The number of halogens is 9. The second kappa shape index (κ2) is 13.9. The molecular weight excluding hydrogens is 497 g/mol. The lowest BCUT2D eigenvalue weighted by Crippen LogP contribution is -2.43. The van der Waals surface area contributed by atoms with Crippen molar-refractivity contribution in [2.24, 2.45) is 0 Å². The normalized spacial score (nSPS) is 13.5. The molecule has 0 fully saturated rings. The van der Waals surface area contributed by atoms with Gasteiger partial charge in [-0.05, 0) is 25.1 Å². The van der Waals surface area contributed by atoms with Gasteiger partial charge in [-0.1, -0.05) is 11.6 Å². The van der Waals surface area contributed by atoms with Crippen LogP contribution in [0.4, 0.5) is 26.3 Å². The van der Waals surface area contributed by atoms with Crippen LogP contribution in [-0.2, 0) is 20.1 Å². The smallest absolute Gasteiger partial charge is 0.422 e. The highest BCUT2D eigenvalue weighted by molar-refractivity contribution is 8.26. The van der Waals surface area contributed by atoms with E-state index in [2.05, 4.69) is 31.1 Å². The molecule has 0 aliphatic heterocycles. The average molecular weight is 510 g/mol. The molecule has 1 rings (SSSR count). The van der Waals surface area contributed by atoms with Crippen molar-refractivity contribution in [1.29, 1.82) is 5.26 Å². The Balaban J connectivity index is 0. The molecule has 1 aromatic rings. The quantitative estimate of drug-likeness (QED) is 0.249. The van der Waals surface area contributed by atoms with E-state index in [0.29, 0.717) is 6.08 Å². The molecule has 0 aliphatic carbocycles. The van der Waals surface area contributed by atoms with Crippen LogP contribution in [-0.4, -0.2) is 32.7 Å². The molecule has 0 radical (unpaired) electrons. The summed E-state index contributed by atoms with van der Waals surface area (Å²) in [6, 6.07) is 2.91. The van der Waals surface area contributed by atoms with Gasteiger partial charge in [0.05, 0.1) is 30.9 Å². The highest BCUT2D eigenvalue weighted by Crippen LogP contribution is 2.34. The van der Waals surface area contributed by atoms with Crippen LogP contribution in [0.15, 0.2) is 30.7 Å². The number of nitrogens with zero attached hydrogens (tertiary/aromatic N) is 2. The zero-order chi connectivity index (χ0) is 23.3. The second-order valence-corrected chi connectivity index (χ2v) is 7.48. The van der Waals surface area contributed by atoms with Gasteiger partial charge < -0.3 is 9.84 Å². The lowest BCUT2D eigenvalue weighted by Gasteiger charge is -2.24. The molecule has 0 aromatic carbocycles. The summed E-state index contributed by atoms with van der Waals surface area (Å²) in [5, 5.41) is 17.0. The lowest BCUT2D eigenvalue weighted by atomic mass is 10.0. The molecule has 5 nitrogen and oxygen atoms in total.